The third kappa shape index (κ3) is 2.54. The average molecular weight is 283 g/mol. The molecule has 0 atom stereocenters. The van der Waals surface area contributed by atoms with Crippen LogP contribution in [0.1, 0.15) is 16.2 Å². The Morgan fingerprint density at radius 3 is 2.81 bits per heavy atom. The molecule has 0 radical (unpaired) electrons. The summed E-state index contributed by atoms with van der Waals surface area (Å²) in [5, 5.41) is 3.38. The van der Waals surface area contributed by atoms with Crippen molar-refractivity contribution in [2.24, 2.45) is 5.84 Å². The van der Waals surface area contributed by atoms with E-state index in [2.05, 4.69) is 20.7 Å². The number of hydrogen-bond donors (Lipinski definition) is 3. The van der Waals surface area contributed by atoms with Crippen molar-refractivity contribution in [3.63, 3.8) is 0 Å². The monoisotopic (exact) mass is 283 g/mol. The number of rotatable bonds is 3. The van der Waals surface area contributed by atoms with Crippen molar-refractivity contribution in [3.05, 3.63) is 48.0 Å². The Hall–Kier alpha value is -2.93. The Kier molecular flexibility index (Phi) is 3.25. The van der Waals surface area contributed by atoms with Crippen molar-refractivity contribution in [2.75, 3.05) is 10.7 Å². The Balaban J connectivity index is 1.98. The minimum Gasteiger partial charge on any atom is -0.432 e. The van der Waals surface area contributed by atoms with Crippen molar-refractivity contribution in [3.8, 4) is 0 Å². The summed E-state index contributed by atoms with van der Waals surface area (Å²) in [5.74, 6) is 5.08. The van der Waals surface area contributed by atoms with Crippen LogP contribution in [-0.2, 0) is 0 Å². The van der Waals surface area contributed by atoms with Crippen molar-refractivity contribution in [1.82, 2.24) is 9.97 Å². The number of carbonyl (C=O) groups is 1. The van der Waals surface area contributed by atoms with E-state index in [-0.39, 0.29) is 11.7 Å². The van der Waals surface area contributed by atoms with Gasteiger partial charge in [0.15, 0.2) is 0 Å². The van der Waals surface area contributed by atoms with Gasteiger partial charge >= 0.3 is 6.01 Å². The molecule has 1 amide bonds. The number of aromatic nitrogens is 2. The highest BCUT2D eigenvalue weighted by molar-refractivity contribution is 6.05. The number of nitrogens with two attached hydrogens (primary N) is 1. The standard InChI is InChI=1S/C14H13N5O2/c1-8-7-21-14(16-8)18-13(20)12-6-11(19-15)9-4-2-3-5-10(9)17-12/h2-7H,15H2,1H3,(H,17,19)(H,16,18,20). The highest BCUT2D eigenvalue weighted by Gasteiger charge is 2.14. The molecule has 3 aromatic rings. The van der Waals surface area contributed by atoms with Gasteiger partial charge < -0.3 is 9.84 Å². The second kappa shape index (κ2) is 5.22. The summed E-state index contributed by atoms with van der Waals surface area (Å²) in [6.07, 6.45) is 1.45. The molecule has 0 aliphatic rings. The first kappa shape index (κ1) is 13.1. The van der Waals surface area contributed by atoms with Gasteiger partial charge in [0.25, 0.3) is 5.91 Å². The molecule has 0 saturated heterocycles. The predicted molar refractivity (Wildman–Crippen MR) is 78.7 cm³/mol. The van der Waals surface area contributed by atoms with Gasteiger partial charge in [0.2, 0.25) is 0 Å². The van der Waals surface area contributed by atoms with Crippen LogP contribution >= 0.6 is 0 Å². The molecule has 7 heteroatoms. The highest BCUT2D eigenvalue weighted by Crippen LogP contribution is 2.22. The van der Waals surface area contributed by atoms with Gasteiger partial charge in [-0.25, -0.2) is 4.98 Å². The first-order valence-electron chi connectivity index (χ1n) is 6.27. The van der Waals surface area contributed by atoms with Crippen LogP contribution in [0.5, 0.6) is 0 Å². The van der Waals surface area contributed by atoms with Gasteiger partial charge in [0, 0.05) is 5.39 Å². The summed E-state index contributed by atoms with van der Waals surface area (Å²) in [4.78, 5) is 20.5. The molecule has 0 bridgehead atoms. The fourth-order valence-electron chi connectivity index (χ4n) is 1.98. The number of hydrazine groups is 1. The normalized spacial score (nSPS) is 10.6. The van der Waals surface area contributed by atoms with E-state index in [1.807, 2.05) is 24.3 Å². The van der Waals surface area contributed by atoms with E-state index in [4.69, 9.17) is 10.3 Å². The molecule has 0 fully saturated rings. The van der Waals surface area contributed by atoms with E-state index in [0.717, 1.165) is 5.39 Å². The van der Waals surface area contributed by atoms with Crippen molar-refractivity contribution in [2.45, 2.75) is 6.92 Å². The fourth-order valence-corrected chi connectivity index (χ4v) is 1.98. The molecule has 106 valence electrons. The van der Waals surface area contributed by atoms with Crippen LogP contribution in [0.15, 0.2) is 41.0 Å². The number of nitrogens with one attached hydrogen (secondary N) is 2. The van der Waals surface area contributed by atoms with E-state index in [1.54, 1.807) is 13.0 Å². The number of nitrogens with zero attached hydrogens (tertiary/aromatic N) is 2. The summed E-state index contributed by atoms with van der Waals surface area (Å²) in [5.41, 5.74) is 4.76. The smallest absolute Gasteiger partial charge is 0.301 e. The second-order valence-electron chi connectivity index (χ2n) is 4.46. The number of para-hydroxylation sites is 1. The lowest BCUT2D eigenvalue weighted by Crippen LogP contribution is -2.16. The third-order valence-corrected chi connectivity index (χ3v) is 2.94. The van der Waals surface area contributed by atoms with E-state index >= 15 is 0 Å². The number of carbonyl (C=O) groups excluding carboxylic acids is 1. The highest BCUT2D eigenvalue weighted by atomic mass is 16.4. The Bertz CT molecular complexity index is 812. The van der Waals surface area contributed by atoms with Crippen molar-refractivity contribution >= 4 is 28.5 Å². The van der Waals surface area contributed by atoms with Crippen LogP contribution < -0.4 is 16.6 Å². The number of benzene rings is 1. The summed E-state index contributed by atoms with van der Waals surface area (Å²) >= 11 is 0. The van der Waals surface area contributed by atoms with Crippen LogP contribution in [0.25, 0.3) is 10.9 Å². The minimum absolute atomic E-state index is 0.134. The number of fused-ring (bicyclic) bond motifs is 1. The summed E-state index contributed by atoms with van der Waals surface area (Å²) < 4.78 is 5.09. The average Bonchev–Trinajstić information content (AvgIpc) is 2.91. The SMILES string of the molecule is Cc1coc(NC(=O)c2cc(NN)c3ccccc3n2)n1. The third-order valence-electron chi connectivity index (χ3n) is 2.94. The zero-order chi connectivity index (χ0) is 14.8. The Morgan fingerprint density at radius 1 is 1.29 bits per heavy atom. The van der Waals surface area contributed by atoms with E-state index in [0.29, 0.717) is 16.9 Å². The molecular weight excluding hydrogens is 270 g/mol. The molecule has 0 spiro atoms. The second-order valence-corrected chi connectivity index (χ2v) is 4.46. The van der Waals surface area contributed by atoms with Crippen molar-refractivity contribution < 1.29 is 9.21 Å². The summed E-state index contributed by atoms with van der Waals surface area (Å²) in [7, 11) is 0. The zero-order valence-electron chi connectivity index (χ0n) is 11.3. The minimum atomic E-state index is -0.417. The quantitative estimate of drug-likeness (QED) is 0.502. The number of amides is 1. The van der Waals surface area contributed by atoms with Crippen LogP contribution in [-0.4, -0.2) is 15.9 Å². The first-order valence-corrected chi connectivity index (χ1v) is 6.27. The van der Waals surface area contributed by atoms with E-state index in [1.165, 1.54) is 6.26 Å². The Morgan fingerprint density at radius 2 is 2.10 bits per heavy atom. The molecule has 4 N–H and O–H groups in total. The van der Waals surface area contributed by atoms with Gasteiger partial charge in [-0.1, -0.05) is 18.2 Å². The molecule has 0 saturated carbocycles. The molecule has 3 rings (SSSR count). The van der Waals surface area contributed by atoms with Crippen LogP contribution in [0.4, 0.5) is 11.7 Å². The number of aryl methyl sites for hydroxylation is 1. The number of anilines is 2. The van der Waals surface area contributed by atoms with Gasteiger partial charge in [-0.05, 0) is 19.1 Å². The van der Waals surface area contributed by atoms with Crippen LogP contribution in [0.3, 0.4) is 0 Å². The molecule has 2 aromatic heterocycles. The van der Waals surface area contributed by atoms with Crippen LogP contribution in [0.2, 0.25) is 0 Å². The molecule has 21 heavy (non-hydrogen) atoms. The van der Waals surface area contributed by atoms with Crippen molar-refractivity contribution in [1.29, 1.82) is 0 Å². The summed E-state index contributed by atoms with van der Waals surface area (Å²) in [6, 6.07) is 9.11. The van der Waals surface area contributed by atoms with Gasteiger partial charge in [0.05, 0.1) is 16.9 Å². The molecule has 2 heterocycles. The lowest BCUT2D eigenvalue weighted by atomic mass is 10.1. The molecule has 0 aliphatic heterocycles. The Labute approximate surface area is 120 Å². The molecule has 0 aliphatic carbocycles. The molecular formula is C14H13N5O2. The largest absolute Gasteiger partial charge is 0.432 e. The topological polar surface area (TPSA) is 106 Å². The number of oxazole rings is 1. The van der Waals surface area contributed by atoms with Gasteiger partial charge in [-0.15, -0.1) is 0 Å². The maximum atomic E-state index is 12.2. The number of pyridine rings is 1. The lowest BCUT2D eigenvalue weighted by molar-refractivity contribution is 0.102. The van der Waals surface area contributed by atoms with E-state index < -0.39 is 5.91 Å². The van der Waals surface area contributed by atoms with Crippen LogP contribution in [0, 0.1) is 6.92 Å². The zero-order valence-corrected chi connectivity index (χ0v) is 11.3. The number of hydrogen-bond acceptors (Lipinski definition) is 6. The predicted octanol–water partition coefficient (Wildman–Crippen LogP) is 2.07. The molecule has 7 nitrogen and oxygen atoms in total. The number of nitrogen functional groups attached to an aromatic ring is 1. The maximum Gasteiger partial charge on any atom is 0.301 e. The first-order chi connectivity index (χ1) is 10.2. The summed E-state index contributed by atoms with van der Waals surface area (Å²) in [6.45, 7) is 1.77. The maximum absolute atomic E-state index is 12.2. The molecule has 0 unspecified atom stereocenters. The van der Waals surface area contributed by atoms with Gasteiger partial charge in [0.1, 0.15) is 12.0 Å². The van der Waals surface area contributed by atoms with Gasteiger partial charge in [-0.2, -0.15) is 4.98 Å². The fraction of sp³-hybridized carbons (Fsp3) is 0.0714. The van der Waals surface area contributed by atoms with E-state index in [9.17, 15) is 4.79 Å². The molecule has 1 aromatic carbocycles. The lowest BCUT2D eigenvalue weighted by Gasteiger charge is -2.08. The van der Waals surface area contributed by atoms with Gasteiger partial charge in [-0.3, -0.25) is 16.0 Å².